The van der Waals surface area contributed by atoms with Gasteiger partial charge in [-0.15, -0.1) is 0 Å². The number of rotatable bonds is 6. The lowest BCUT2D eigenvalue weighted by Gasteiger charge is -2.25. The number of urea groups is 1. The summed E-state index contributed by atoms with van der Waals surface area (Å²) in [5.41, 5.74) is 3.50. The van der Waals surface area contributed by atoms with E-state index in [9.17, 15) is 4.79 Å². The van der Waals surface area contributed by atoms with E-state index in [0.717, 1.165) is 5.56 Å². The summed E-state index contributed by atoms with van der Waals surface area (Å²) in [6, 6.07) is 18.4. The number of carbonyl (C=O) groups is 1. The van der Waals surface area contributed by atoms with E-state index in [0.29, 0.717) is 13.1 Å². The third-order valence-corrected chi connectivity index (χ3v) is 3.84. The third-order valence-electron chi connectivity index (χ3n) is 3.84. The van der Waals surface area contributed by atoms with Crippen LogP contribution >= 0.6 is 0 Å². The zero-order valence-electron chi connectivity index (χ0n) is 14.0. The predicted molar refractivity (Wildman–Crippen MR) is 94.3 cm³/mol. The molecule has 4 nitrogen and oxygen atoms in total. The predicted octanol–water partition coefficient (Wildman–Crippen LogP) is 3.10. The van der Waals surface area contributed by atoms with Crippen molar-refractivity contribution >= 4 is 6.03 Å². The van der Waals surface area contributed by atoms with Crippen molar-refractivity contribution in [1.82, 2.24) is 15.5 Å². The molecule has 0 fully saturated rings. The lowest BCUT2D eigenvalue weighted by molar-refractivity contribution is 0.232. The molecule has 0 saturated heterocycles. The summed E-state index contributed by atoms with van der Waals surface area (Å²) < 4.78 is 0. The molecule has 0 aliphatic heterocycles. The second kappa shape index (κ2) is 8.34. The van der Waals surface area contributed by atoms with E-state index in [1.807, 2.05) is 56.6 Å². The molecule has 0 bridgehead atoms. The first-order valence-corrected chi connectivity index (χ1v) is 7.85. The zero-order chi connectivity index (χ0) is 16.7. The fourth-order valence-electron chi connectivity index (χ4n) is 2.41. The summed E-state index contributed by atoms with van der Waals surface area (Å²) in [6.45, 7) is 3.15. The van der Waals surface area contributed by atoms with E-state index in [-0.39, 0.29) is 12.1 Å². The number of hydrogen-bond acceptors (Lipinski definition) is 2. The van der Waals surface area contributed by atoms with Crippen LogP contribution in [0.25, 0.3) is 0 Å². The van der Waals surface area contributed by atoms with Crippen molar-refractivity contribution in [1.29, 1.82) is 0 Å². The number of aryl methyl sites for hydroxylation is 1. The molecular weight excluding hydrogens is 286 g/mol. The fraction of sp³-hybridized carbons (Fsp3) is 0.316. The number of carbonyl (C=O) groups excluding carboxylic acids is 1. The second-order valence-corrected chi connectivity index (χ2v) is 5.94. The van der Waals surface area contributed by atoms with Crippen LogP contribution in [0.1, 0.15) is 22.7 Å². The van der Waals surface area contributed by atoms with Crippen LogP contribution in [0.4, 0.5) is 4.79 Å². The van der Waals surface area contributed by atoms with Crippen molar-refractivity contribution in [2.75, 3.05) is 20.6 Å². The molecule has 23 heavy (non-hydrogen) atoms. The number of hydrogen-bond donors (Lipinski definition) is 2. The molecule has 2 N–H and O–H groups in total. The summed E-state index contributed by atoms with van der Waals surface area (Å²) in [7, 11) is 4.03. The zero-order valence-corrected chi connectivity index (χ0v) is 14.0. The Kier molecular flexibility index (Phi) is 6.18. The monoisotopic (exact) mass is 311 g/mol. The SMILES string of the molecule is Cc1ccc(CNC(=O)NC[C@H](c2ccccc2)N(C)C)cc1. The first-order valence-electron chi connectivity index (χ1n) is 7.85. The Balaban J connectivity index is 1.83. The summed E-state index contributed by atoms with van der Waals surface area (Å²) in [5, 5.41) is 5.85. The molecule has 2 aromatic carbocycles. The maximum Gasteiger partial charge on any atom is 0.315 e. The molecular formula is C19H25N3O. The van der Waals surface area contributed by atoms with Crippen molar-refractivity contribution < 1.29 is 4.79 Å². The average molecular weight is 311 g/mol. The van der Waals surface area contributed by atoms with Crippen LogP contribution in [-0.4, -0.2) is 31.6 Å². The van der Waals surface area contributed by atoms with Crippen molar-refractivity contribution in [2.24, 2.45) is 0 Å². The highest BCUT2D eigenvalue weighted by Gasteiger charge is 2.14. The molecule has 122 valence electrons. The van der Waals surface area contributed by atoms with E-state index in [1.165, 1.54) is 11.1 Å². The van der Waals surface area contributed by atoms with Gasteiger partial charge in [0.25, 0.3) is 0 Å². The Bertz CT molecular complexity index is 608. The molecule has 0 unspecified atom stereocenters. The largest absolute Gasteiger partial charge is 0.336 e. The topological polar surface area (TPSA) is 44.4 Å². The van der Waals surface area contributed by atoms with Crippen LogP contribution in [-0.2, 0) is 6.54 Å². The summed E-state index contributed by atoms with van der Waals surface area (Å²) in [5.74, 6) is 0. The van der Waals surface area contributed by atoms with E-state index in [4.69, 9.17) is 0 Å². The van der Waals surface area contributed by atoms with Crippen LogP contribution in [0.2, 0.25) is 0 Å². The maximum atomic E-state index is 12.0. The minimum atomic E-state index is -0.145. The van der Waals surface area contributed by atoms with Crippen LogP contribution in [0.3, 0.4) is 0 Å². The fourth-order valence-corrected chi connectivity index (χ4v) is 2.41. The van der Waals surface area contributed by atoms with Gasteiger partial charge in [-0.2, -0.15) is 0 Å². The maximum absolute atomic E-state index is 12.0. The van der Waals surface area contributed by atoms with Crippen LogP contribution in [0.5, 0.6) is 0 Å². The molecule has 2 rings (SSSR count). The van der Waals surface area contributed by atoms with Crippen molar-refractivity contribution in [2.45, 2.75) is 19.5 Å². The molecule has 0 spiro atoms. The van der Waals surface area contributed by atoms with Gasteiger partial charge in [0, 0.05) is 13.1 Å². The van der Waals surface area contributed by atoms with Gasteiger partial charge in [-0.1, -0.05) is 60.2 Å². The Morgan fingerprint density at radius 1 is 1.00 bits per heavy atom. The van der Waals surface area contributed by atoms with Gasteiger partial charge in [-0.25, -0.2) is 4.79 Å². The van der Waals surface area contributed by atoms with E-state index in [2.05, 4.69) is 34.6 Å². The number of likely N-dealkylation sites (N-methyl/N-ethyl adjacent to an activating group) is 1. The minimum absolute atomic E-state index is 0.145. The number of nitrogens with one attached hydrogen (secondary N) is 2. The van der Waals surface area contributed by atoms with Crippen molar-refractivity contribution in [3.63, 3.8) is 0 Å². The number of nitrogens with zero attached hydrogens (tertiary/aromatic N) is 1. The lowest BCUT2D eigenvalue weighted by atomic mass is 10.1. The number of benzene rings is 2. The quantitative estimate of drug-likeness (QED) is 0.861. The minimum Gasteiger partial charge on any atom is -0.336 e. The smallest absolute Gasteiger partial charge is 0.315 e. The molecule has 2 amide bonds. The summed E-state index contributed by atoms with van der Waals surface area (Å²) in [6.07, 6.45) is 0. The Hall–Kier alpha value is -2.33. The van der Waals surface area contributed by atoms with Gasteiger partial charge in [-0.05, 0) is 32.1 Å². The highest BCUT2D eigenvalue weighted by Crippen LogP contribution is 2.16. The molecule has 4 heteroatoms. The average Bonchev–Trinajstić information content (AvgIpc) is 2.55. The van der Waals surface area contributed by atoms with E-state index >= 15 is 0 Å². The van der Waals surface area contributed by atoms with E-state index < -0.39 is 0 Å². The van der Waals surface area contributed by atoms with Gasteiger partial charge < -0.3 is 15.5 Å². The van der Waals surface area contributed by atoms with Gasteiger partial charge >= 0.3 is 6.03 Å². The van der Waals surface area contributed by atoms with Gasteiger partial charge in [0.2, 0.25) is 0 Å². The van der Waals surface area contributed by atoms with Crippen LogP contribution in [0.15, 0.2) is 54.6 Å². The standard InChI is InChI=1S/C19H25N3O/c1-15-9-11-16(12-10-15)13-20-19(23)21-14-18(22(2)3)17-7-5-4-6-8-17/h4-12,18H,13-14H2,1-3H3,(H2,20,21,23)/t18-/m1/s1. The van der Waals surface area contributed by atoms with Crippen molar-refractivity contribution in [3.05, 3.63) is 71.3 Å². The van der Waals surface area contributed by atoms with Gasteiger partial charge in [-0.3, -0.25) is 0 Å². The molecule has 2 aromatic rings. The Labute approximate surface area is 138 Å². The van der Waals surface area contributed by atoms with Crippen molar-refractivity contribution in [3.8, 4) is 0 Å². The highest BCUT2D eigenvalue weighted by atomic mass is 16.2. The van der Waals surface area contributed by atoms with Crippen LogP contribution < -0.4 is 10.6 Å². The Morgan fingerprint density at radius 2 is 1.65 bits per heavy atom. The van der Waals surface area contributed by atoms with Crippen LogP contribution in [0, 0.1) is 6.92 Å². The molecule has 0 aliphatic carbocycles. The summed E-state index contributed by atoms with van der Waals surface area (Å²) >= 11 is 0. The molecule has 0 saturated carbocycles. The molecule has 0 aromatic heterocycles. The molecule has 1 atom stereocenters. The first-order chi connectivity index (χ1) is 11.1. The molecule has 0 aliphatic rings. The van der Waals surface area contributed by atoms with Gasteiger partial charge in [0.05, 0.1) is 6.04 Å². The van der Waals surface area contributed by atoms with E-state index in [1.54, 1.807) is 0 Å². The first kappa shape index (κ1) is 17.0. The second-order valence-electron chi connectivity index (χ2n) is 5.94. The highest BCUT2D eigenvalue weighted by molar-refractivity contribution is 5.73. The third kappa shape index (κ3) is 5.42. The van der Waals surface area contributed by atoms with Gasteiger partial charge in [0.1, 0.15) is 0 Å². The lowest BCUT2D eigenvalue weighted by Crippen LogP contribution is -2.40. The number of amides is 2. The summed E-state index contributed by atoms with van der Waals surface area (Å²) in [4.78, 5) is 14.1. The normalized spacial score (nSPS) is 12.0. The molecule has 0 heterocycles. The van der Waals surface area contributed by atoms with Gasteiger partial charge in [0.15, 0.2) is 0 Å². The Morgan fingerprint density at radius 3 is 2.26 bits per heavy atom. The molecule has 0 radical (unpaired) electrons.